The normalized spacial score (nSPS) is 14.3. The van der Waals surface area contributed by atoms with Crippen molar-refractivity contribution in [2.24, 2.45) is 0 Å². The lowest BCUT2D eigenvalue weighted by Gasteiger charge is -2.20. The molecule has 3 heteroatoms. The number of halogens is 1. The van der Waals surface area contributed by atoms with Crippen LogP contribution in [-0.4, -0.2) is 12.9 Å². The first kappa shape index (κ1) is 15.8. The van der Waals surface area contributed by atoms with Gasteiger partial charge in [0.25, 0.3) is 0 Å². The SMILES string of the molecule is CCOC(C)Oc1c(C)cc(C(I)CC)cc1C. The number of alkyl halides is 1. The Labute approximate surface area is 124 Å². The molecule has 0 saturated heterocycles. The van der Waals surface area contributed by atoms with Crippen molar-refractivity contribution in [3.05, 3.63) is 28.8 Å². The molecule has 0 aliphatic rings. The second kappa shape index (κ2) is 7.34. The molecule has 2 atom stereocenters. The van der Waals surface area contributed by atoms with Crippen LogP contribution < -0.4 is 4.74 Å². The van der Waals surface area contributed by atoms with Gasteiger partial charge in [-0.05, 0) is 50.8 Å². The highest BCUT2D eigenvalue weighted by molar-refractivity contribution is 14.1. The Morgan fingerprint density at radius 1 is 1.17 bits per heavy atom. The minimum Gasteiger partial charge on any atom is -0.465 e. The predicted octanol–water partition coefficient (Wildman–Crippen LogP) is 4.95. The fraction of sp³-hybridized carbons (Fsp3) is 0.600. The number of aryl methyl sites for hydroxylation is 2. The molecule has 0 fully saturated rings. The summed E-state index contributed by atoms with van der Waals surface area (Å²) in [6.45, 7) is 11.0. The zero-order valence-corrected chi connectivity index (χ0v) is 14.1. The summed E-state index contributed by atoms with van der Waals surface area (Å²) in [6.07, 6.45) is 0.953. The summed E-state index contributed by atoms with van der Waals surface area (Å²) in [7, 11) is 0. The van der Waals surface area contributed by atoms with Crippen molar-refractivity contribution in [2.45, 2.75) is 51.3 Å². The van der Waals surface area contributed by atoms with Crippen LogP contribution in [0.1, 0.15) is 47.8 Å². The van der Waals surface area contributed by atoms with Gasteiger partial charge in [-0.3, -0.25) is 0 Å². The molecule has 0 radical (unpaired) electrons. The quantitative estimate of drug-likeness (QED) is 0.405. The Balaban J connectivity index is 2.94. The average molecular weight is 362 g/mol. The fourth-order valence-electron chi connectivity index (χ4n) is 2.02. The van der Waals surface area contributed by atoms with E-state index in [1.165, 1.54) is 16.7 Å². The predicted molar refractivity (Wildman–Crippen MR) is 84.7 cm³/mol. The maximum atomic E-state index is 5.86. The van der Waals surface area contributed by atoms with Gasteiger partial charge in [-0.2, -0.15) is 0 Å². The van der Waals surface area contributed by atoms with E-state index >= 15 is 0 Å². The van der Waals surface area contributed by atoms with Crippen molar-refractivity contribution in [1.82, 2.24) is 0 Å². The number of ether oxygens (including phenoxy) is 2. The average Bonchev–Trinajstić information content (AvgIpc) is 2.32. The van der Waals surface area contributed by atoms with Gasteiger partial charge < -0.3 is 9.47 Å². The molecule has 0 aliphatic carbocycles. The third-order valence-corrected chi connectivity index (χ3v) is 4.49. The van der Waals surface area contributed by atoms with Gasteiger partial charge in [0.1, 0.15) is 5.75 Å². The second-order valence-electron chi connectivity index (χ2n) is 4.50. The lowest BCUT2D eigenvalue weighted by Crippen LogP contribution is -2.17. The van der Waals surface area contributed by atoms with E-state index in [1.54, 1.807) is 0 Å². The molecule has 18 heavy (non-hydrogen) atoms. The Morgan fingerprint density at radius 2 is 1.72 bits per heavy atom. The van der Waals surface area contributed by atoms with Crippen LogP contribution in [0, 0.1) is 13.8 Å². The summed E-state index contributed by atoms with van der Waals surface area (Å²) in [6, 6.07) is 4.45. The van der Waals surface area contributed by atoms with Gasteiger partial charge in [0.05, 0.1) is 0 Å². The minimum absolute atomic E-state index is 0.195. The molecule has 0 bridgehead atoms. The number of hydrogen-bond donors (Lipinski definition) is 0. The van der Waals surface area contributed by atoms with E-state index in [4.69, 9.17) is 9.47 Å². The molecule has 0 N–H and O–H groups in total. The summed E-state index contributed by atoms with van der Waals surface area (Å²) < 4.78 is 11.9. The highest BCUT2D eigenvalue weighted by Crippen LogP contribution is 2.33. The monoisotopic (exact) mass is 362 g/mol. The van der Waals surface area contributed by atoms with Crippen LogP contribution in [-0.2, 0) is 4.74 Å². The van der Waals surface area contributed by atoms with E-state index in [-0.39, 0.29) is 6.29 Å². The summed E-state index contributed by atoms with van der Waals surface area (Å²) in [5.41, 5.74) is 3.75. The molecular weight excluding hydrogens is 339 g/mol. The Morgan fingerprint density at radius 3 is 2.17 bits per heavy atom. The van der Waals surface area contributed by atoms with Gasteiger partial charge in [0.2, 0.25) is 0 Å². The van der Waals surface area contributed by atoms with Crippen LogP contribution in [0.4, 0.5) is 0 Å². The molecule has 102 valence electrons. The summed E-state index contributed by atoms with van der Waals surface area (Å²) in [5, 5.41) is 0. The highest BCUT2D eigenvalue weighted by Gasteiger charge is 2.13. The lowest BCUT2D eigenvalue weighted by molar-refractivity contribution is -0.0620. The standard InChI is InChI=1S/C15H23IO2/c1-6-14(16)13-8-10(3)15(11(4)9-13)18-12(5)17-7-2/h8-9,12,14H,6-7H2,1-5H3. The maximum absolute atomic E-state index is 5.86. The molecule has 0 aliphatic heterocycles. The van der Waals surface area contributed by atoms with Crippen molar-refractivity contribution in [1.29, 1.82) is 0 Å². The van der Waals surface area contributed by atoms with Crippen LogP contribution in [0.5, 0.6) is 5.75 Å². The molecule has 1 aromatic carbocycles. The van der Waals surface area contributed by atoms with Crippen LogP contribution in [0.25, 0.3) is 0 Å². The van der Waals surface area contributed by atoms with E-state index in [1.807, 2.05) is 13.8 Å². The molecule has 1 aromatic rings. The Bertz CT molecular complexity index is 367. The molecular formula is C15H23IO2. The van der Waals surface area contributed by atoms with Crippen LogP contribution in [0.15, 0.2) is 12.1 Å². The Kier molecular flexibility index (Phi) is 6.43. The lowest BCUT2D eigenvalue weighted by atomic mass is 10.0. The third kappa shape index (κ3) is 4.12. The summed E-state index contributed by atoms with van der Waals surface area (Å²) in [4.78, 5) is 0. The van der Waals surface area contributed by atoms with Crippen LogP contribution >= 0.6 is 22.6 Å². The third-order valence-electron chi connectivity index (χ3n) is 2.89. The first-order valence-corrected chi connectivity index (χ1v) is 7.77. The van der Waals surface area contributed by atoms with Gasteiger partial charge in [-0.1, -0.05) is 41.6 Å². The zero-order chi connectivity index (χ0) is 13.7. The van der Waals surface area contributed by atoms with Crippen molar-refractivity contribution < 1.29 is 9.47 Å². The number of rotatable bonds is 6. The van der Waals surface area contributed by atoms with Crippen molar-refractivity contribution in [3.8, 4) is 5.75 Å². The van der Waals surface area contributed by atoms with E-state index in [9.17, 15) is 0 Å². The van der Waals surface area contributed by atoms with Gasteiger partial charge >= 0.3 is 0 Å². The van der Waals surface area contributed by atoms with E-state index in [0.717, 1.165) is 12.2 Å². The summed E-state index contributed by atoms with van der Waals surface area (Å²) >= 11 is 2.49. The first-order valence-electron chi connectivity index (χ1n) is 6.53. The zero-order valence-electron chi connectivity index (χ0n) is 11.9. The molecule has 0 amide bonds. The van der Waals surface area contributed by atoms with E-state index in [0.29, 0.717) is 10.5 Å². The molecule has 0 aromatic heterocycles. The minimum atomic E-state index is -0.195. The van der Waals surface area contributed by atoms with Crippen molar-refractivity contribution >= 4 is 22.6 Å². The largest absolute Gasteiger partial charge is 0.465 e. The Hall–Kier alpha value is -0.290. The van der Waals surface area contributed by atoms with Gasteiger partial charge in [-0.15, -0.1) is 0 Å². The maximum Gasteiger partial charge on any atom is 0.196 e. The molecule has 1 rings (SSSR count). The van der Waals surface area contributed by atoms with Gasteiger partial charge in [0.15, 0.2) is 6.29 Å². The number of benzene rings is 1. The number of hydrogen-bond acceptors (Lipinski definition) is 2. The molecule has 0 saturated carbocycles. The van der Waals surface area contributed by atoms with Gasteiger partial charge in [-0.25, -0.2) is 0 Å². The van der Waals surface area contributed by atoms with Gasteiger partial charge in [0, 0.05) is 10.5 Å². The summed E-state index contributed by atoms with van der Waals surface area (Å²) in [5.74, 6) is 0.958. The van der Waals surface area contributed by atoms with Crippen molar-refractivity contribution in [3.63, 3.8) is 0 Å². The van der Waals surface area contributed by atoms with E-state index in [2.05, 4.69) is 55.5 Å². The topological polar surface area (TPSA) is 18.5 Å². The first-order chi connectivity index (χ1) is 8.49. The molecule has 0 spiro atoms. The highest BCUT2D eigenvalue weighted by atomic mass is 127. The molecule has 2 unspecified atom stereocenters. The molecule has 2 nitrogen and oxygen atoms in total. The second-order valence-corrected chi connectivity index (χ2v) is 6.00. The fourth-order valence-corrected chi connectivity index (χ4v) is 2.38. The molecule has 0 heterocycles. The smallest absolute Gasteiger partial charge is 0.196 e. The van der Waals surface area contributed by atoms with Crippen molar-refractivity contribution in [2.75, 3.05) is 6.61 Å². The van der Waals surface area contributed by atoms with E-state index < -0.39 is 0 Å². The van der Waals surface area contributed by atoms with Crippen LogP contribution in [0.2, 0.25) is 0 Å². The van der Waals surface area contributed by atoms with Crippen LogP contribution in [0.3, 0.4) is 0 Å².